The molecule has 0 aliphatic carbocycles. The Balaban J connectivity index is 3.13. The van der Waals surface area contributed by atoms with Crippen LogP contribution in [0.5, 0.6) is 0 Å². The molecule has 3 heteroatoms. The highest BCUT2D eigenvalue weighted by Crippen LogP contribution is 2.13. The molecule has 0 unspecified atom stereocenters. The molecule has 206 valence electrons. The molecule has 0 aliphatic heterocycles. The second-order valence-electron chi connectivity index (χ2n) is 10.6. The Kier molecular flexibility index (Phi) is 30.8. The third-order valence-corrected chi connectivity index (χ3v) is 6.90. The summed E-state index contributed by atoms with van der Waals surface area (Å²) in [6.07, 6.45) is 32.2. The average Bonchev–Trinajstić information content (AvgIpc) is 2.84. The number of aliphatic hydroxyl groups excluding tert-OH is 1. The lowest BCUT2D eigenvalue weighted by atomic mass is 10.1. The van der Waals surface area contributed by atoms with E-state index in [9.17, 15) is 5.11 Å². The highest BCUT2D eigenvalue weighted by atomic mass is 16.5. The largest absolute Gasteiger partial charge is 0.388 e. The van der Waals surface area contributed by atoms with Gasteiger partial charge in [-0.3, -0.25) is 0 Å². The first kappa shape index (κ1) is 33.9. The maximum atomic E-state index is 9.98. The van der Waals surface area contributed by atoms with E-state index in [0.29, 0.717) is 13.2 Å². The van der Waals surface area contributed by atoms with Crippen LogP contribution in [0.15, 0.2) is 0 Å². The summed E-state index contributed by atoms with van der Waals surface area (Å²) in [5, 5.41) is 9.98. The zero-order valence-corrected chi connectivity index (χ0v) is 23.6. The van der Waals surface area contributed by atoms with Gasteiger partial charge in [-0.2, -0.15) is 0 Å². The molecule has 0 aromatic carbocycles. The summed E-state index contributed by atoms with van der Waals surface area (Å²) >= 11 is 0. The van der Waals surface area contributed by atoms with E-state index < -0.39 is 6.10 Å². The maximum Gasteiger partial charge on any atom is 0.101 e. The standard InChI is InChI=1S/C31H64O3/c1-3-5-7-9-11-13-15-17-19-21-23-25-27-33-29-31(32)30-34-28-26-24-22-20-18-16-14-12-10-8-6-4-2/h31-32H,3-30H2,1-2H3. The Hall–Kier alpha value is -0.120. The van der Waals surface area contributed by atoms with Crippen molar-refractivity contribution in [3.63, 3.8) is 0 Å². The molecule has 1 N–H and O–H groups in total. The van der Waals surface area contributed by atoms with Crippen LogP contribution < -0.4 is 0 Å². The lowest BCUT2D eigenvalue weighted by molar-refractivity contribution is -0.0201. The molecule has 0 fully saturated rings. The lowest BCUT2D eigenvalue weighted by Crippen LogP contribution is -2.22. The normalized spacial score (nSPS) is 11.6. The Morgan fingerprint density at radius 3 is 0.882 bits per heavy atom. The van der Waals surface area contributed by atoms with Crippen LogP contribution in [0.1, 0.15) is 168 Å². The molecule has 0 aliphatic rings. The number of unbranched alkanes of at least 4 members (excludes halogenated alkanes) is 22. The first-order chi connectivity index (χ1) is 16.8. The molecule has 34 heavy (non-hydrogen) atoms. The van der Waals surface area contributed by atoms with Gasteiger partial charge in [-0.05, 0) is 12.8 Å². The molecule has 0 amide bonds. The van der Waals surface area contributed by atoms with E-state index in [1.165, 1.54) is 141 Å². The molecule has 0 bridgehead atoms. The fourth-order valence-electron chi connectivity index (χ4n) is 4.58. The van der Waals surface area contributed by atoms with Gasteiger partial charge in [-0.25, -0.2) is 0 Å². The number of ether oxygens (including phenoxy) is 2. The molecule has 0 aromatic rings. The van der Waals surface area contributed by atoms with E-state index >= 15 is 0 Å². The van der Waals surface area contributed by atoms with Gasteiger partial charge in [-0.15, -0.1) is 0 Å². The van der Waals surface area contributed by atoms with Crippen LogP contribution in [-0.4, -0.2) is 37.6 Å². The topological polar surface area (TPSA) is 38.7 Å². The molecular formula is C31H64O3. The number of rotatable bonds is 30. The van der Waals surface area contributed by atoms with Gasteiger partial charge < -0.3 is 14.6 Å². The van der Waals surface area contributed by atoms with Crippen LogP contribution in [0.3, 0.4) is 0 Å². The minimum absolute atomic E-state index is 0.413. The molecule has 0 saturated carbocycles. The van der Waals surface area contributed by atoms with Gasteiger partial charge in [0.25, 0.3) is 0 Å². The van der Waals surface area contributed by atoms with Crippen LogP contribution in [0.25, 0.3) is 0 Å². The predicted octanol–water partition coefficient (Wildman–Crippen LogP) is 9.78. The predicted molar refractivity (Wildman–Crippen MR) is 150 cm³/mol. The highest BCUT2D eigenvalue weighted by molar-refractivity contribution is 4.53. The molecular weight excluding hydrogens is 420 g/mol. The summed E-state index contributed by atoms with van der Waals surface area (Å²) in [4.78, 5) is 0. The van der Waals surface area contributed by atoms with Crippen molar-refractivity contribution in [1.82, 2.24) is 0 Å². The first-order valence-electron chi connectivity index (χ1n) is 15.6. The molecule has 0 saturated heterocycles. The van der Waals surface area contributed by atoms with E-state index in [4.69, 9.17) is 9.47 Å². The van der Waals surface area contributed by atoms with E-state index in [1.807, 2.05) is 0 Å². The van der Waals surface area contributed by atoms with Crippen LogP contribution in [-0.2, 0) is 9.47 Å². The Bertz CT molecular complexity index is 316. The monoisotopic (exact) mass is 484 g/mol. The third kappa shape index (κ3) is 29.9. The quantitative estimate of drug-likeness (QED) is 0.103. The van der Waals surface area contributed by atoms with Crippen LogP contribution in [0.2, 0.25) is 0 Å². The van der Waals surface area contributed by atoms with Gasteiger partial charge >= 0.3 is 0 Å². The average molecular weight is 485 g/mol. The summed E-state index contributed by atoms with van der Waals surface area (Å²) < 4.78 is 11.3. The van der Waals surface area contributed by atoms with Crippen LogP contribution >= 0.6 is 0 Å². The Morgan fingerprint density at radius 2 is 0.618 bits per heavy atom. The number of hydrogen-bond donors (Lipinski definition) is 1. The third-order valence-electron chi connectivity index (χ3n) is 6.90. The van der Waals surface area contributed by atoms with Gasteiger partial charge in [0.1, 0.15) is 6.10 Å². The van der Waals surface area contributed by atoms with Crippen LogP contribution in [0.4, 0.5) is 0 Å². The zero-order chi connectivity index (χ0) is 24.8. The van der Waals surface area contributed by atoms with Crippen molar-refractivity contribution >= 4 is 0 Å². The lowest BCUT2D eigenvalue weighted by Gasteiger charge is -2.12. The summed E-state index contributed by atoms with van der Waals surface area (Å²) in [6, 6.07) is 0. The van der Waals surface area contributed by atoms with Crippen molar-refractivity contribution in [2.24, 2.45) is 0 Å². The van der Waals surface area contributed by atoms with Gasteiger partial charge in [0, 0.05) is 13.2 Å². The van der Waals surface area contributed by atoms with Gasteiger partial charge in [-0.1, -0.05) is 155 Å². The maximum absolute atomic E-state index is 9.98. The summed E-state index contributed by atoms with van der Waals surface area (Å²) in [6.45, 7) is 6.93. The minimum atomic E-state index is -0.477. The molecule has 0 spiro atoms. The fraction of sp³-hybridized carbons (Fsp3) is 1.00. The summed E-state index contributed by atoms with van der Waals surface area (Å²) in [7, 11) is 0. The van der Waals surface area contributed by atoms with Crippen molar-refractivity contribution in [2.45, 2.75) is 174 Å². The Labute approximate surface area is 215 Å². The molecule has 3 nitrogen and oxygen atoms in total. The first-order valence-corrected chi connectivity index (χ1v) is 15.6. The second kappa shape index (κ2) is 30.9. The SMILES string of the molecule is CCCCCCCCCCCCCCOCC(O)COCCCCCCCCCCCCCC. The van der Waals surface area contributed by atoms with Gasteiger partial charge in [0.15, 0.2) is 0 Å². The number of hydrogen-bond acceptors (Lipinski definition) is 3. The summed E-state index contributed by atoms with van der Waals surface area (Å²) in [5.41, 5.74) is 0. The molecule has 0 heterocycles. The molecule has 0 rings (SSSR count). The van der Waals surface area contributed by atoms with Crippen molar-refractivity contribution in [3.8, 4) is 0 Å². The molecule has 0 aromatic heterocycles. The molecule has 0 radical (unpaired) electrons. The fourth-order valence-corrected chi connectivity index (χ4v) is 4.58. The van der Waals surface area contributed by atoms with Crippen molar-refractivity contribution in [2.75, 3.05) is 26.4 Å². The second-order valence-corrected chi connectivity index (χ2v) is 10.6. The van der Waals surface area contributed by atoms with Crippen molar-refractivity contribution in [3.05, 3.63) is 0 Å². The number of aliphatic hydroxyl groups is 1. The molecule has 0 atom stereocenters. The van der Waals surface area contributed by atoms with Crippen molar-refractivity contribution < 1.29 is 14.6 Å². The van der Waals surface area contributed by atoms with Gasteiger partial charge in [0.2, 0.25) is 0 Å². The van der Waals surface area contributed by atoms with Gasteiger partial charge in [0.05, 0.1) is 13.2 Å². The van der Waals surface area contributed by atoms with Crippen LogP contribution in [0, 0.1) is 0 Å². The zero-order valence-electron chi connectivity index (χ0n) is 23.6. The van der Waals surface area contributed by atoms with E-state index in [-0.39, 0.29) is 0 Å². The summed E-state index contributed by atoms with van der Waals surface area (Å²) in [5.74, 6) is 0. The minimum Gasteiger partial charge on any atom is -0.388 e. The van der Waals surface area contributed by atoms with E-state index in [2.05, 4.69) is 13.8 Å². The highest BCUT2D eigenvalue weighted by Gasteiger charge is 2.04. The van der Waals surface area contributed by atoms with E-state index in [0.717, 1.165) is 26.1 Å². The van der Waals surface area contributed by atoms with Crippen molar-refractivity contribution in [1.29, 1.82) is 0 Å². The Morgan fingerprint density at radius 1 is 0.382 bits per heavy atom. The van der Waals surface area contributed by atoms with E-state index in [1.54, 1.807) is 0 Å². The smallest absolute Gasteiger partial charge is 0.101 e.